The zero-order valence-corrected chi connectivity index (χ0v) is 21.3. The Kier molecular flexibility index (Phi) is 8.97. The van der Waals surface area contributed by atoms with Crippen molar-refractivity contribution in [2.24, 2.45) is 11.8 Å². The van der Waals surface area contributed by atoms with E-state index in [0.29, 0.717) is 12.0 Å². The molecular weight excluding hydrogens is 445 g/mol. The van der Waals surface area contributed by atoms with E-state index >= 15 is 4.39 Å². The van der Waals surface area contributed by atoms with Crippen LogP contribution in [0.25, 0.3) is 11.1 Å². The zero-order valence-electron chi connectivity index (χ0n) is 21.3. The van der Waals surface area contributed by atoms with Gasteiger partial charge in [0, 0.05) is 11.1 Å². The fourth-order valence-electron chi connectivity index (χ4n) is 5.96. The lowest BCUT2D eigenvalue weighted by atomic mass is 9.77. The molecule has 0 aliphatic heterocycles. The summed E-state index contributed by atoms with van der Waals surface area (Å²) in [6, 6.07) is 6.19. The van der Waals surface area contributed by atoms with E-state index < -0.39 is 17.5 Å². The first-order valence-corrected chi connectivity index (χ1v) is 13.5. The van der Waals surface area contributed by atoms with E-state index in [0.717, 1.165) is 30.2 Å². The van der Waals surface area contributed by atoms with Gasteiger partial charge in [-0.2, -0.15) is 4.39 Å². The van der Waals surface area contributed by atoms with Gasteiger partial charge in [-0.1, -0.05) is 88.5 Å². The zero-order chi connectivity index (χ0) is 24.8. The minimum Gasteiger partial charge on any atom is -0.494 e. The van der Waals surface area contributed by atoms with E-state index in [4.69, 9.17) is 4.74 Å². The predicted octanol–water partition coefficient (Wildman–Crippen LogP) is 9.36. The third kappa shape index (κ3) is 6.13. The van der Waals surface area contributed by atoms with Gasteiger partial charge < -0.3 is 4.74 Å². The average molecular weight is 485 g/mol. The van der Waals surface area contributed by atoms with Gasteiger partial charge in [0.05, 0.1) is 7.11 Å². The first kappa shape index (κ1) is 25.9. The molecule has 0 saturated heterocycles. The molecule has 0 amide bonds. The molecule has 0 radical (unpaired) electrons. The highest BCUT2D eigenvalue weighted by Gasteiger charge is 2.24. The van der Waals surface area contributed by atoms with Crippen LogP contribution in [0.2, 0.25) is 0 Å². The maximum Gasteiger partial charge on any atom is 0.201 e. The molecule has 1 fully saturated rings. The molecule has 0 spiro atoms. The maximum absolute atomic E-state index is 15.4. The maximum atomic E-state index is 15.4. The number of hydrogen-bond acceptors (Lipinski definition) is 1. The van der Waals surface area contributed by atoms with Crippen LogP contribution >= 0.6 is 0 Å². The van der Waals surface area contributed by atoms with Crippen molar-refractivity contribution < 1.29 is 17.9 Å². The first-order chi connectivity index (χ1) is 17.0. The van der Waals surface area contributed by atoms with Gasteiger partial charge in [0.1, 0.15) is 5.82 Å². The molecule has 190 valence electrons. The number of fused-ring (bicyclic) bond motifs is 1. The molecular formula is C31H39F3O. The van der Waals surface area contributed by atoms with E-state index in [2.05, 4.69) is 13.0 Å². The van der Waals surface area contributed by atoms with Crippen LogP contribution in [-0.2, 0) is 12.8 Å². The monoisotopic (exact) mass is 484 g/mol. The number of ether oxygens (including phenoxy) is 1. The van der Waals surface area contributed by atoms with Crippen molar-refractivity contribution in [1.82, 2.24) is 0 Å². The summed E-state index contributed by atoms with van der Waals surface area (Å²) in [4.78, 5) is 0. The van der Waals surface area contributed by atoms with Gasteiger partial charge in [0.15, 0.2) is 11.6 Å². The van der Waals surface area contributed by atoms with Crippen LogP contribution in [-0.4, -0.2) is 7.11 Å². The smallest absolute Gasteiger partial charge is 0.201 e. The van der Waals surface area contributed by atoms with Crippen molar-refractivity contribution in [3.05, 3.63) is 64.5 Å². The van der Waals surface area contributed by atoms with E-state index in [1.54, 1.807) is 6.07 Å². The third-order valence-corrected chi connectivity index (χ3v) is 8.22. The molecule has 35 heavy (non-hydrogen) atoms. The second kappa shape index (κ2) is 12.1. The summed E-state index contributed by atoms with van der Waals surface area (Å²) in [5, 5.41) is 0. The molecule has 0 aromatic heterocycles. The largest absolute Gasteiger partial charge is 0.494 e. The number of benzene rings is 2. The van der Waals surface area contributed by atoms with Gasteiger partial charge in [-0.15, -0.1) is 0 Å². The number of unbranched alkanes of at least 4 members (excludes halogenated alkanes) is 3. The lowest BCUT2D eigenvalue weighted by Gasteiger charge is -2.29. The third-order valence-electron chi connectivity index (χ3n) is 8.22. The number of halogens is 3. The molecule has 2 aromatic carbocycles. The Balaban J connectivity index is 1.32. The normalized spacial score (nSPS) is 19.9. The Morgan fingerprint density at radius 1 is 0.800 bits per heavy atom. The van der Waals surface area contributed by atoms with Crippen LogP contribution in [0.3, 0.4) is 0 Å². The highest BCUT2D eigenvalue weighted by molar-refractivity contribution is 5.68. The molecule has 0 N–H and O–H groups in total. The van der Waals surface area contributed by atoms with E-state index in [-0.39, 0.29) is 16.9 Å². The number of rotatable bonds is 10. The molecule has 4 heteroatoms. The second-order valence-electron chi connectivity index (χ2n) is 10.5. The predicted molar refractivity (Wildman–Crippen MR) is 137 cm³/mol. The SMILES string of the molecule is CCCCCCC1CCC(CCC2=CCc3c(ccc(-c4ccc(OC)c(F)c4F)c3F)C2)CC1. The minimum absolute atomic E-state index is 0.0701. The lowest BCUT2D eigenvalue weighted by molar-refractivity contribution is 0.248. The molecule has 0 bridgehead atoms. The topological polar surface area (TPSA) is 9.23 Å². The number of allylic oxidation sites excluding steroid dienone is 2. The van der Waals surface area contributed by atoms with Crippen molar-refractivity contribution in [1.29, 1.82) is 0 Å². The fourth-order valence-corrected chi connectivity index (χ4v) is 5.96. The molecule has 0 atom stereocenters. The lowest BCUT2D eigenvalue weighted by Crippen LogP contribution is -2.15. The van der Waals surface area contributed by atoms with E-state index in [9.17, 15) is 8.78 Å². The van der Waals surface area contributed by atoms with Crippen molar-refractivity contribution >= 4 is 0 Å². The molecule has 2 aliphatic rings. The van der Waals surface area contributed by atoms with Crippen molar-refractivity contribution in [3.8, 4) is 16.9 Å². The highest BCUT2D eigenvalue weighted by Crippen LogP contribution is 2.38. The molecule has 1 nitrogen and oxygen atoms in total. The fraction of sp³-hybridized carbons (Fsp3) is 0.548. The summed E-state index contributed by atoms with van der Waals surface area (Å²) >= 11 is 0. The quantitative estimate of drug-likeness (QED) is 0.241. The summed E-state index contributed by atoms with van der Waals surface area (Å²) in [6.07, 6.45) is 18.1. The van der Waals surface area contributed by atoms with Gasteiger partial charge in [-0.25, -0.2) is 8.78 Å². The van der Waals surface area contributed by atoms with Crippen molar-refractivity contribution in [3.63, 3.8) is 0 Å². The Morgan fingerprint density at radius 3 is 2.20 bits per heavy atom. The Morgan fingerprint density at radius 2 is 1.49 bits per heavy atom. The van der Waals surface area contributed by atoms with Crippen LogP contribution in [0.4, 0.5) is 13.2 Å². The molecule has 2 aromatic rings. The summed E-state index contributed by atoms with van der Waals surface area (Å²) in [6.45, 7) is 2.27. The standard InChI is InChI=1S/C31H39F3O/c1-3-4-5-6-7-21-8-10-22(11-9-21)12-13-23-14-16-25-24(20-23)15-17-26(29(25)32)27-18-19-28(35-2)31(34)30(27)33/h14-15,17-19,21-22H,3-13,16,20H2,1-2H3. The summed E-state index contributed by atoms with van der Waals surface area (Å²) in [5.74, 6) is -1.04. The van der Waals surface area contributed by atoms with Crippen molar-refractivity contribution in [2.75, 3.05) is 7.11 Å². The van der Waals surface area contributed by atoms with Crippen LogP contribution in [0.1, 0.15) is 88.7 Å². The molecule has 1 saturated carbocycles. The summed E-state index contributed by atoms with van der Waals surface area (Å²) < 4.78 is 48.9. The molecule has 0 heterocycles. The van der Waals surface area contributed by atoms with Crippen LogP contribution < -0.4 is 4.74 Å². The summed E-state index contributed by atoms with van der Waals surface area (Å²) in [7, 11) is 1.28. The Bertz CT molecular complexity index is 1030. The molecule has 0 unspecified atom stereocenters. The van der Waals surface area contributed by atoms with Crippen LogP contribution in [0.15, 0.2) is 35.9 Å². The highest BCUT2D eigenvalue weighted by atomic mass is 19.2. The van der Waals surface area contributed by atoms with E-state index in [1.807, 2.05) is 6.07 Å². The summed E-state index contributed by atoms with van der Waals surface area (Å²) in [5.41, 5.74) is 2.98. The number of methoxy groups -OCH3 is 1. The Labute approximate surface area is 208 Å². The van der Waals surface area contributed by atoms with Crippen LogP contribution in [0, 0.1) is 29.3 Å². The first-order valence-electron chi connectivity index (χ1n) is 13.5. The molecule has 4 rings (SSSR count). The second-order valence-corrected chi connectivity index (χ2v) is 10.5. The minimum atomic E-state index is -1.09. The van der Waals surface area contributed by atoms with E-state index in [1.165, 1.54) is 89.0 Å². The van der Waals surface area contributed by atoms with Gasteiger partial charge >= 0.3 is 0 Å². The van der Waals surface area contributed by atoms with Crippen molar-refractivity contribution in [2.45, 2.75) is 90.4 Å². The van der Waals surface area contributed by atoms with Gasteiger partial charge in [0.25, 0.3) is 0 Å². The van der Waals surface area contributed by atoms with Gasteiger partial charge in [-0.05, 0) is 60.8 Å². The Hall–Kier alpha value is -2.23. The van der Waals surface area contributed by atoms with Crippen LogP contribution in [0.5, 0.6) is 5.75 Å². The number of hydrogen-bond donors (Lipinski definition) is 0. The van der Waals surface area contributed by atoms with Gasteiger partial charge in [0.2, 0.25) is 5.82 Å². The molecule has 2 aliphatic carbocycles. The van der Waals surface area contributed by atoms with Gasteiger partial charge in [-0.3, -0.25) is 0 Å². The average Bonchev–Trinajstić information content (AvgIpc) is 2.88.